The average Bonchev–Trinajstić information content (AvgIpc) is 3.61. The standard InChI is InChI=1S/C42H27N3O3/c1-42(2)31-16-8-6-13-26(31)30-22-36-37(23-32(30)42)48-38-29(15-10-18-34(38)47-36)41-44-39(24-11-4-3-5-12-24)43-40(45-41)25-19-20-28-27-14-7-9-17-33(27)46-35(28)21-25/h3-23H,1-2H3. The van der Waals surface area contributed by atoms with E-state index >= 15 is 0 Å². The Morgan fingerprint density at radius 2 is 1.17 bits per heavy atom. The molecule has 0 fully saturated rings. The first-order valence-corrected chi connectivity index (χ1v) is 16.0. The van der Waals surface area contributed by atoms with Crippen molar-refractivity contribution < 1.29 is 13.9 Å². The van der Waals surface area contributed by atoms with Crippen molar-refractivity contribution in [3.8, 4) is 68.3 Å². The molecule has 1 aliphatic heterocycles. The summed E-state index contributed by atoms with van der Waals surface area (Å²) in [5.41, 5.74) is 8.80. The summed E-state index contributed by atoms with van der Waals surface area (Å²) in [5, 5.41) is 2.12. The molecule has 10 rings (SSSR count). The van der Waals surface area contributed by atoms with Gasteiger partial charge in [-0.25, -0.2) is 15.0 Å². The number of furan rings is 1. The zero-order valence-corrected chi connectivity index (χ0v) is 26.2. The van der Waals surface area contributed by atoms with Gasteiger partial charge in [0.2, 0.25) is 0 Å². The van der Waals surface area contributed by atoms with Gasteiger partial charge in [0.15, 0.2) is 40.5 Å². The number of hydrogen-bond acceptors (Lipinski definition) is 6. The van der Waals surface area contributed by atoms with Crippen molar-refractivity contribution in [1.29, 1.82) is 0 Å². The monoisotopic (exact) mass is 621 g/mol. The molecular weight excluding hydrogens is 594 g/mol. The molecule has 48 heavy (non-hydrogen) atoms. The predicted molar refractivity (Wildman–Crippen MR) is 188 cm³/mol. The largest absolute Gasteiger partial charge is 0.456 e. The number of nitrogens with zero attached hydrogens (tertiary/aromatic N) is 3. The van der Waals surface area contributed by atoms with Crippen LogP contribution in [0, 0.1) is 0 Å². The van der Waals surface area contributed by atoms with Gasteiger partial charge >= 0.3 is 0 Å². The average molecular weight is 622 g/mol. The fourth-order valence-corrected chi connectivity index (χ4v) is 7.18. The molecule has 3 heterocycles. The summed E-state index contributed by atoms with van der Waals surface area (Å²) in [6.45, 7) is 4.51. The molecule has 6 aromatic carbocycles. The zero-order chi connectivity index (χ0) is 32.0. The molecule has 228 valence electrons. The Morgan fingerprint density at radius 3 is 2.06 bits per heavy atom. The fraction of sp³-hybridized carbons (Fsp3) is 0.0714. The Kier molecular flexibility index (Phi) is 5.53. The van der Waals surface area contributed by atoms with Gasteiger partial charge < -0.3 is 13.9 Å². The van der Waals surface area contributed by atoms with E-state index in [2.05, 4.69) is 62.4 Å². The predicted octanol–water partition coefficient (Wildman–Crippen LogP) is 11.0. The number of fused-ring (bicyclic) bond motifs is 8. The van der Waals surface area contributed by atoms with Crippen LogP contribution in [-0.4, -0.2) is 15.0 Å². The van der Waals surface area contributed by atoms with Crippen LogP contribution >= 0.6 is 0 Å². The van der Waals surface area contributed by atoms with Crippen molar-refractivity contribution >= 4 is 21.9 Å². The first-order chi connectivity index (χ1) is 23.5. The van der Waals surface area contributed by atoms with Gasteiger partial charge in [0.05, 0.1) is 5.56 Å². The first-order valence-electron chi connectivity index (χ1n) is 16.0. The van der Waals surface area contributed by atoms with Crippen LogP contribution in [0.4, 0.5) is 0 Å². The summed E-state index contributed by atoms with van der Waals surface area (Å²) in [6, 6.07) is 42.7. The second-order valence-electron chi connectivity index (χ2n) is 12.8. The number of para-hydroxylation sites is 2. The van der Waals surface area contributed by atoms with Crippen molar-refractivity contribution in [1.82, 2.24) is 15.0 Å². The van der Waals surface area contributed by atoms with Gasteiger partial charge in [0.1, 0.15) is 11.2 Å². The minimum Gasteiger partial charge on any atom is -0.456 e. The van der Waals surface area contributed by atoms with Crippen molar-refractivity contribution in [2.75, 3.05) is 0 Å². The number of hydrogen-bond donors (Lipinski definition) is 0. The van der Waals surface area contributed by atoms with Gasteiger partial charge in [-0.1, -0.05) is 98.8 Å². The van der Waals surface area contributed by atoms with E-state index in [0.29, 0.717) is 46.0 Å². The van der Waals surface area contributed by atoms with Crippen molar-refractivity contribution in [3.63, 3.8) is 0 Å². The molecule has 0 unspecified atom stereocenters. The third-order valence-corrected chi connectivity index (χ3v) is 9.60. The fourth-order valence-electron chi connectivity index (χ4n) is 7.18. The van der Waals surface area contributed by atoms with Crippen LogP contribution in [0.2, 0.25) is 0 Å². The maximum atomic E-state index is 6.72. The first kappa shape index (κ1) is 26.9. The van der Waals surface area contributed by atoms with Crippen LogP contribution in [0.15, 0.2) is 132 Å². The second-order valence-corrected chi connectivity index (χ2v) is 12.8. The SMILES string of the molecule is CC1(C)c2ccccc2-c2cc3c(cc21)Oc1c(cccc1-c1nc(-c2ccccc2)nc(-c2ccc4c(c2)oc2ccccc24)n1)O3. The lowest BCUT2D eigenvalue weighted by molar-refractivity contribution is 0.360. The minimum absolute atomic E-state index is 0.168. The Balaban J connectivity index is 1.12. The van der Waals surface area contributed by atoms with Crippen LogP contribution in [0.1, 0.15) is 25.0 Å². The van der Waals surface area contributed by atoms with Gasteiger partial charge in [0.25, 0.3) is 0 Å². The van der Waals surface area contributed by atoms with Crippen molar-refractivity contribution in [2.24, 2.45) is 0 Å². The summed E-state index contributed by atoms with van der Waals surface area (Å²) in [6.07, 6.45) is 0. The maximum Gasteiger partial charge on any atom is 0.181 e. The van der Waals surface area contributed by atoms with Gasteiger partial charge in [0, 0.05) is 27.3 Å². The highest BCUT2D eigenvalue weighted by atomic mass is 16.6. The van der Waals surface area contributed by atoms with Gasteiger partial charge in [-0.15, -0.1) is 0 Å². The van der Waals surface area contributed by atoms with Gasteiger partial charge in [-0.3, -0.25) is 0 Å². The van der Waals surface area contributed by atoms with E-state index < -0.39 is 0 Å². The lowest BCUT2D eigenvalue weighted by Gasteiger charge is -2.26. The molecule has 2 aliphatic rings. The Bertz CT molecular complexity index is 2610. The maximum absolute atomic E-state index is 6.72. The summed E-state index contributed by atoms with van der Waals surface area (Å²) in [5.74, 6) is 4.12. The zero-order valence-electron chi connectivity index (χ0n) is 26.2. The minimum atomic E-state index is -0.168. The molecule has 0 saturated carbocycles. The molecule has 8 aromatic rings. The molecule has 2 aromatic heterocycles. The molecule has 0 saturated heterocycles. The molecule has 0 amide bonds. The highest BCUT2D eigenvalue weighted by Gasteiger charge is 2.37. The summed E-state index contributed by atoms with van der Waals surface area (Å²) < 4.78 is 19.5. The van der Waals surface area contributed by atoms with Crippen molar-refractivity contribution in [2.45, 2.75) is 19.3 Å². The van der Waals surface area contributed by atoms with Gasteiger partial charge in [-0.2, -0.15) is 0 Å². The molecule has 6 heteroatoms. The Hall–Kier alpha value is -6.27. The molecule has 6 nitrogen and oxygen atoms in total. The smallest absolute Gasteiger partial charge is 0.181 e. The van der Waals surface area contributed by atoms with E-state index in [9.17, 15) is 0 Å². The molecule has 0 atom stereocenters. The van der Waals surface area contributed by atoms with E-state index in [1.54, 1.807) is 0 Å². The van der Waals surface area contributed by atoms with E-state index in [1.165, 1.54) is 22.3 Å². The highest BCUT2D eigenvalue weighted by Crippen LogP contribution is 2.56. The number of aromatic nitrogens is 3. The highest BCUT2D eigenvalue weighted by molar-refractivity contribution is 6.05. The quantitative estimate of drug-likeness (QED) is 0.195. The van der Waals surface area contributed by atoms with Crippen LogP contribution in [-0.2, 0) is 5.41 Å². The number of benzene rings is 6. The summed E-state index contributed by atoms with van der Waals surface area (Å²) >= 11 is 0. The molecule has 0 radical (unpaired) electrons. The lowest BCUT2D eigenvalue weighted by Crippen LogP contribution is -2.15. The molecule has 0 spiro atoms. The van der Waals surface area contributed by atoms with Crippen LogP contribution < -0.4 is 9.47 Å². The molecular formula is C42H27N3O3. The van der Waals surface area contributed by atoms with Gasteiger partial charge in [-0.05, 0) is 64.7 Å². The third kappa shape index (κ3) is 3.96. The molecule has 1 aliphatic carbocycles. The van der Waals surface area contributed by atoms with E-state index in [-0.39, 0.29) is 5.41 Å². The number of rotatable bonds is 3. The van der Waals surface area contributed by atoms with Crippen LogP contribution in [0.25, 0.3) is 67.2 Å². The summed E-state index contributed by atoms with van der Waals surface area (Å²) in [7, 11) is 0. The van der Waals surface area contributed by atoms with Crippen LogP contribution in [0.5, 0.6) is 23.0 Å². The topological polar surface area (TPSA) is 70.3 Å². The van der Waals surface area contributed by atoms with E-state index in [1.807, 2.05) is 78.9 Å². The Labute approximate surface area is 276 Å². The molecule has 0 N–H and O–H groups in total. The summed E-state index contributed by atoms with van der Waals surface area (Å²) in [4.78, 5) is 15.0. The lowest BCUT2D eigenvalue weighted by atomic mass is 9.82. The van der Waals surface area contributed by atoms with E-state index in [4.69, 9.17) is 28.8 Å². The van der Waals surface area contributed by atoms with Crippen molar-refractivity contribution in [3.05, 3.63) is 139 Å². The number of ether oxygens (including phenoxy) is 2. The Morgan fingerprint density at radius 1 is 0.458 bits per heavy atom. The second kappa shape index (κ2) is 9.86. The molecule has 0 bridgehead atoms. The third-order valence-electron chi connectivity index (χ3n) is 9.60. The van der Waals surface area contributed by atoms with E-state index in [0.717, 1.165) is 33.1 Å². The normalized spacial score (nSPS) is 13.7. The van der Waals surface area contributed by atoms with Crippen LogP contribution in [0.3, 0.4) is 0 Å².